The third-order valence-corrected chi connectivity index (χ3v) is 6.29. The van der Waals surface area contributed by atoms with E-state index in [4.69, 9.17) is 0 Å². The van der Waals surface area contributed by atoms with Gasteiger partial charge in [-0.25, -0.2) is 13.1 Å². The van der Waals surface area contributed by atoms with Crippen LogP contribution in [0.4, 0.5) is 0 Å². The van der Waals surface area contributed by atoms with Gasteiger partial charge in [0.25, 0.3) is 0 Å². The highest BCUT2D eigenvalue weighted by Crippen LogP contribution is 2.27. The number of rotatable bonds is 6. The van der Waals surface area contributed by atoms with Crippen molar-refractivity contribution in [1.82, 2.24) is 4.72 Å². The third kappa shape index (κ3) is 4.16. The molecule has 0 aliphatic rings. The molecule has 0 fully saturated rings. The minimum absolute atomic E-state index is 0.168. The minimum atomic E-state index is -3.53. The van der Waals surface area contributed by atoms with Crippen LogP contribution in [0.3, 0.4) is 0 Å². The Morgan fingerprint density at radius 1 is 1.33 bits per heavy atom. The van der Waals surface area contributed by atoms with E-state index in [0.29, 0.717) is 4.90 Å². The predicted molar refractivity (Wildman–Crippen MR) is 91.2 cm³/mol. The van der Waals surface area contributed by atoms with Gasteiger partial charge in [0, 0.05) is 9.35 Å². The summed E-state index contributed by atoms with van der Waals surface area (Å²) in [5, 5.41) is 1.97. The van der Waals surface area contributed by atoms with E-state index < -0.39 is 10.0 Å². The molecule has 1 atom stereocenters. The fraction of sp³-hybridized carbons (Fsp3) is 0.333. The quantitative estimate of drug-likeness (QED) is 0.784. The zero-order chi connectivity index (χ0) is 15.5. The van der Waals surface area contributed by atoms with Crippen LogP contribution >= 0.6 is 27.3 Å². The lowest BCUT2D eigenvalue weighted by molar-refractivity contribution is 0.539. The molecule has 0 saturated carbocycles. The number of nitrogens with one attached hydrogen (secondary N) is 1. The Labute approximate surface area is 138 Å². The van der Waals surface area contributed by atoms with E-state index in [1.165, 1.54) is 0 Å². The Kier molecular flexibility index (Phi) is 5.60. The van der Waals surface area contributed by atoms with Crippen LogP contribution in [0.5, 0.6) is 0 Å². The van der Waals surface area contributed by atoms with Gasteiger partial charge in [0.15, 0.2) is 0 Å². The summed E-state index contributed by atoms with van der Waals surface area (Å²) in [6.07, 6.45) is 1.70. The highest BCUT2D eigenvalue weighted by Gasteiger charge is 2.23. The maximum Gasteiger partial charge on any atom is 0.241 e. The predicted octanol–water partition coefficient (Wildman–Crippen LogP) is 4.64. The molecule has 0 spiro atoms. The van der Waals surface area contributed by atoms with Crippen molar-refractivity contribution in [3.63, 3.8) is 0 Å². The SMILES string of the molecule is CCCC(NS(=O)(=O)c1cc(Br)ccc1C)c1cccs1. The Morgan fingerprint density at radius 2 is 2.10 bits per heavy atom. The molecule has 1 N–H and O–H groups in total. The number of halogens is 1. The third-order valence-electron chi connectivity index (χ3n) is 3.20. The van der Waals surface area contributed by atoms with E-state index in [9.17, 15) is 8.42 Å². The molecule has 1 aromatic carbocycles. The standard InChI is InChI=1S/C15H18BrNO2S2/c1-3-5-13(14-6-4-9-20-14)17-21(18,19)15-10-12(16)8-7-11(15)2/h4,6-10,13,17H,3,5H2,1-2H3. The van der Waals surface area contributed by atoms with Gasteiger partial charge < -0.3 is 0 Å². The summed E-state index contributed by atoms with van der Waals surface area (Å²) in [5.74, 6) is 0. The highest BCUT2D eigenvalue weighted by molar-refractivity contribution is 9.10. The van der Waals surface area contributed by atoms with E-state index in [1.807, 2.05) is 23.6 Å². The average Bonchev–Trinajstić information content (AvgIpc) is 2.95. The number of thiophene rings is 1. The molecule has 0 saturated heterocycles. The van der Waals surface area contributed by atoms with E-state index in [2.05, 4.69) is 27.6 Å². The van der Waals surface area contributed by atoms with Crippen molar-refractivity contribution in [1.29, 1.82) is 0 Å². The van der Waals surface area contributed by atoms with Crippen LogP contribution < -0.4 is 4.72 Å². The number of benzene rings is 1. The molecule has 6 heteroatoms. The van der Waals surface area contributed by atoms with Crippen LogP contribution in [-0.2, 0) is 10.0 Å². The molecular weight excluding hydrogens is 370 g/mol. The molecule has 114 valence electrons. The molecule has 3 nitrogen and oxygen atoms in total. The summed E-state index contributed by atoms with van der Waals surface area (Å²) < 4.78 is 28.9. The smallest absolute Gasteiger partial charge is 0.207 e. The Hall–Kier alpha value is -0.690. The van der Waals surface area contributed by atoms with Crippen LogP contribution in [-0.4, -0.2) is 8.42 Å². The molecule has 1 aromatic heterocycles. The highest BCUT2D eigenvalue weighted by atomic mass is 79.9. The van der Waals surface area contributed by atoms with Gasteiger partial charge in [-0.05, 0) is 42.5 Å². The summed E-state index contributed by atoms with van der Waals surface area (Å²) in [7, 11) is -3.53. The summed E-state index contributed by atoms with van der Waals surface area (Å²) in [6.45, 7) is 3.86. The molecule has 0 amide bonds. The van der Waals surface area contributed by atoms with Gasteiger partial charge in [-0.3, -0.25) is 0 Å². The lowest BCUT2D eigenvalue weighted by atomic mass is 10.1. The fourth-order valence-electron chi connectivity index (χ4n) is 2.15. The van der Waals surface area contributed by atoms with E-state index >= 15 is 0 Å². The zero-order valence-corrected chi connectivity index (χ0v) is 15.2. The maximum atomic E-state index is 12.7. The van der Waals surface area contributed by atoms with Crippen molar-refractivity contribution in [2.24, 2.45) is 0 Å². The van der Waals surface area contributed by atoms with E-state index in [0.717, 1.165) is 27.8 Å². The first-order chi connectivity index (χ1) is 9.94. The zero-order valence-electron chi connectivity index (χ0n) is 12.0. The van der Waals surface area contributed by atoms with Crippen LogP contribution in [0.1, 0.15) is 36.2 Å². The molecule has 2 aromatic rings. The second-order valence-corrected chi connectivity index (χ2v) is 8.47. The Bertz CT molecular complexity index is 696. The topological polar surface area (TPSA) is 46.2 Å². The van der Waals surface area contributed by atoms with E-state index in [-0.39, 0.29) is 6.04 Å². The Balaban J connectivity index is 2.32. The van der Waals surface area contributed by atoms with Gasteiger partial charge in [-0.2, -0.15) is 0 Å². The second-order valence-electron chi connectivity index (χ2n) is 4.89. The molecule has 0 aliphatic heterocycles. The summed E-state index contributed by atoms with van der Waals surface area (Å²) in [6, 6.07) is 9.05. The van der Waals surface area contributed by atoms with Crippen molar-refractivity contribution < 1.29 is 8.42 Å². The molecule has 0 aliphatic carbocycles. The van der Waals surface area contributed by atoms with E-state index in [1.54, 1.807) is 30.4 Å². The normalized spacial score (nSPS) is 13.3. The van der Waals surface area contributed by atoms with Crippen molar-refractivity contribution in [2.75, 3.05) is 0 Å². The first-order valence-corrected chi connectivity index (χ1v) is 9.91. The maximum absolute atomic E-state index is 12.7. The van der Waals surface area contributed by atoms with Gasteiger partial charge in [-0.1, -0.05) is 41.4 Å². The van der Waals surface area contributed by atoms with Gasteiger partial charge in [0.05, 0.1) is 10.9 Å². The van der Waals surface area contributed by atoms with Crippen LogP contribution in [0.15, 0.2) is 45.1 Å². The first-order valence-electron chi connectivity index (χ1n) is 6.76. The van der Waals surface area contributed by atoms with Gasteiger partial charge >= 0.3 is 0 Å². The Morgan fingerprint density at radius 3 is 2.71 bits per heavy atom. The summed E-state index contributed by atoms with van der Waals surface area (Å²) in [5.41, 5.74) is 0.743. The second kappa shape index (κ2) is 7.05. The fourth-order valence-corrected chi connectivity index (χ4v) is 5.07. The number of aryl methyl sites for hydroxylation is 1. The van der Waals surface area contributed by atoms with Crippen LogP contribution in [0.2, 0.25) is 0 Å². The largest absolute Gasteiger partial charge is 0.241 e. The van der Waals surface area contributed by atoms with Crippen LogP contribution in [0, 0.1) is 6.92 Å². The molecule has 1 heterocycles. The summed E-state index contributed by atoms with van der Waals surface area (Å²) >= 11 is 4.91. The van der Waals surface area contributed by atoms with Crippen LogP contribution in [0.25, 0.3) is 0 Å². The number of hydrogen-bond acceptors (Lipinski definition) is 3. The van der Waals surface area contributed by atoms with Crippen molar-refractivity contribution in [2.45, 2.75) is 37.6 Å². The van der Waals surface area contributed by atoms with Crippen molar-refractivity contribution >= 4 is 37.3 Å². The lowest BCUT2D eigenvalue weighted by Gasteiger charge is -2.18. The lowest BCUT2D eigenvalue weighted by Crippen LogP contribution is -2.28. The molecule has 2 rings (SSSR count). The number of sulfonamides is 1. The minimum Gasteiger partial charge on any atom is -0.207 e. The molecule has 1 unspecified atom stereocenters. The van der Waals surface area contributed by atoms with Gasteiger partial charge in [-0.15, -0.1) is 11.3 Å². The summed E-state index contributed by atoms with van der Waals surface area (Å²) in [4.78, 5) is 1.38. The molecule has 0 radical (unpaired) electrons. The molecule has 0 bridgehead atoms. The number of hydrogen-bond donors (Lipinski definition) is 1. The monoisotopic (exact) mass is 387 g/mol. The van der Waals surface area contributed by atoms with Crippen molar-refractivity contribution in [3.8, 4) is 0 Å². The molecule has 21 heavy (non-hydrogen) atoms. The van der Waals surface area contributed by atoms with Crippen molar-refractivity contribution in [3.05, 3.63) is 50.6 Å². The van der Waals surface area contributed by atoms with Gasteiger partial charge in [0.2, 0.25) is 10.0 Å². The van der Waals surface area contributed by atoms with Gasteiger partial charge in [0.1, 0.15) is 0 Å². The first kappa shape index (κ1) is 16.7. The average molecular weight is 388 g/mol. The molecular formula is C15H18BrNO2S2.